The fourth-order valence-electron chi connectivity index (χ4n) is 3.74. The largest absolute Gasteiger partial charge is 0.357 e. The van der Waals surface area contributed by atoms with E-state index >= 15 is 0 Å². The number of piperidine rings is 2. The van der Waals surface area contributed by atoms with Crippen molar-refractivity contribution in [3.63, 3.8) is 0 Å². The lowest BCUT2D eigenvalue weighted by Gasteiger charge is -2.28. The van der Waals surface area contributed by atoms with Gasteiger partial charge in [0.15, 0.2) is 5.96 Å². The molecule has 0 amide bonds. The lowest BCUT2D eigenvalue weighted by atomic mass is 10.1. The van der Waals surface area contributed by atoms with Crippen molar-refractivity contribution < 1.29 is 0 Å². The van der Waals surface area contributed by atoms with Crippen LogP contribution in [0.25, 0.3) is 0 Å². The number of rotatable bonds is 8. The third kappa shape index (κ3) is 7.84. The summed E-state index contributed by atoms with van der Waals surface area (Å²) < 4.78 is 0. The predicted octanol–water partition coefficient (Wildman–Crippen LogP) is 2.15. The van der Waals surface area contributed by atoms with Crippen LogP contribution in [0, 0.1) is 5.92 Å². The third-order valence-electron chi connectivity index (χ3n) is 5.09. The lowest BCUT2D eigenvalue weighted by molar-refractivity contribution is 0.203. The molecule has 1 unspecified atom stereocenters. The number of aliphatic imine (C=N–C) groups is 1. The van der Waals surface area contributed by atoms with Crippen LogP contribution in [-0.2, 0) is 0 Å². The zero-order valence-electron chi connectivity index (χ0n) is 16.0. The Labute approximate surface area is 149 Å². The molecule has 24 heavy (non-hydrogen) atoms. The number of hydrogen-bond acceptors (Lipinski definition) is 3. The Hall–Kier alpha value is -0.810. The Balaban J connectivity index is 1.66. The average Bonchev–Trinajstić information content (AvgIpc) is 2.61. The SMILES string of the molecule is CCNC(=NCC(C)CN1CCCCC1)NCCN1CCCCC1. The summed E-state index contributed by atoms with van der Waals surface area (Å²) in [4.78, 5) is 9.99. The van der Waals surface area contributed by atoms with Crippen LogP contribution in [0.15, 0.2) is 4.99 Å². The van der Waals surface area contributed by atoms with Crippen LogP contribution in [-0.4, -0.2) is 74.7 Å². The molecule has 0 saturated carbocycles. The van der Waals surface area contributed by atoms with E-state index in [1.807, 2.05) is 0 Å². The molecule has 140 valence electrons. The molecule has 2 N–H and O–H groups in total. The van der Waals surface area contributed by atoms with Gasteiger partial charge in [-0.15, -0.1) is 0 Å². The molecule has 0 aliphatic carbocycles. The van der Waals surface area contributed by atoms with Gasteiger partial charge < -0.3 is 20.4 Å². The number of hydrogen-bond donors (Lipinski definition) is 2. The number of likely N-dealkylation sites (tertiary alicyclic amines) is 2. The van der Waals surface area contributed by atoms with E-state index in [0.717, 1.165) is 32.1 Å². The van der Waals surface area contributed by atoms with E-state index in [2.05, 4.69) is 34.3 Å². The first-order valence-electron chi connectivity index (χ1n) is 10.2. The molecule has 0 aromatic heterocycles. The van der Waals surface area contributed by atoms with E-state index < -0.39 is 0 Å². The Bertz CT molecular complexity index is 346. The summed E-state index contributed by atoms with van der Waals surface area (Å²) in [5.74, 6) is 1.61. The summed E-state index contributed by atoms with van der Waals surface area (Å²) in [6, 6.07) is 0. The molecule has 2 aliphatic heterocycles. The van der Waals surface area contributed by atoms with Crippen molar-refractivity contribution in [3.05, 3.63) is 0 Å². The molecule has 0 aromatic rings. The molecular weight excluding hydrogens is 298 g/mol. The van der Waals surface area contributed by atoms with Gasteiger partial charge in [-0.2, -0.15) is 0 Å². The summed E-state index contributed by atoms with van der Waals surface area (Å²) in [7, 11) is 0. The summed E-state index contributed by atoms with van der Waals surface area (Å²) in [5.41, 5.74) is 0. The molecular formula is C19H39N5. The zero-order chi connectivity index (χ0) is 17.0. The van der Waals surface area contributed by atoms with E-state index in [-0.39, 0.29) is 0 Å². The quantitative estimate of drug-likeness (QED) is 0.526. The zero-order valence-corrected chi connectivity index (χ0v) is 16.0. The van der Waals surface area contributed by atoms with E-state index in [9.17, 15) is 0 Å². The second-order valence-electron chi connectivity index (χ2n) is 7.52. The van der Waals surface area contributed by atoms with Crippen molar-refractivity contribution in [2.45, 2.75) is 52.4 Å². The first-order valence-corrected chi connectivity index (χ1v) is 10.2. The van der Waals surface area contributed by atoms with Gasteiger partial charge in [-0.25, -0.2) is 0 Å². The number of nitrogens with one attached hydrogen (secondary N) is 2. The Kier molecular flexibility index (Phi) is 9.51. The van der Waals surface area contributed by atoms with Gasteiger partial charge in [0.05, 0.1) is 0 Å². The minimum atomic E-state index is 0.626. The van der Waals surface area contributed by atoms with Crippen molar-refractivity contribution in [1.82, 2.24) is 20.4 Å². The van der Waals surface area contributed by atoms with Gasteiger partial charge in [-0.1, -0.05) is 19.8 Å². The van der Waals surface area contributed by atoms with Gasteiger partial charge in [0.1, 0.15) is 0 Å². The highest BCUT2D eigenvalue weighted by Gasteiger charge is 2.13. The molecule has 5 nitrogen and oxygen atoms in total. The van der Waals surface area contributed by atoms with Crippen LogP contribution in [0.5, 0.6) is 0 Å². The van der Waals surface area contributed by atoms with Gasteiger partial charge in [0.2, 0.25) is 0 Å². The van der Waals surface area contributed by atoms with Gasteiger partial charge in [-0.3, -0.25) is 4.99 Å². The van der Waals surface area contributed by atoms with Crippen LogP contribution < -0.4 is 10.6 Å². The molecule has 1 atom stereocenters. The number of guanidine groups is 1. The van der Waals surface area contributed by atoms with Crippen molar-refractivity contribution in [3.8, 4) is 0 Å². The first-order chi connectivity index (χ1) is 11.8. The first kappa shape index (κ1) is 19.5. The Morgan fingerprint density at radius 2 is 1.54 bits per heavy atom. The highest BCUT2D eigenvalue weighted by Crippen LogP contribution is 2.11. The Morgan fingerprint density at radius 1 is 0.917 bits per heavy atom. The molecule has 0 spiro atoms. The van der Waals surface area contributed by atoms with Gasteiger partial charge in [-0.05, 0) is 64.7 Å². The second-order valence-corrected chi connectivity index (χ2v) is 7.52. The standard InChI is InChI=1S/C19H39N5/c1-3-20-19(21-10-15-23-11-6-4-7-12-23)22-16-18(2)17-24-13-8-5-9-14-24/h18H,3-17H2,1-2H3,(H2,20,21,22). The molecule has 5 heteroatoms. The predicted molar refractivity (Wildman–Crippen MR) is 104 cm³/mol. The maximum Gasteiger partial charge on any atom is 0.191 e. The fourth-order valence-corrected chi connectivity index (χ4v) is 3.74. The highest BCUT2D eigenvalue weighted by molar-refractivity contribution is 5.79. The van der Waals surface area contributed by atoms with Crippen molar-refractivity contribution >= 4 is 5.96 Å². The summed E-state index contributed by atoms with van der Waals surface area (Å²) in [6.45, 7) is 14.7. The molecule has 2 rings (SSSR count). The third-order valence-corrected chi connectivity index (χ3v) is 5.09. The van der Waals surface area contributed by atoms with Crippen LogP contribution in [0.1, 0.15) is 52.4 Å². The summed E-state index contributed by atoms with van der Waals surface area (Å²) in [6.07, 6.45) is 8.29. The molecule has 0 radical (unpaired) electrons. The minimum Gasteiger partial charge on any atom is -0.357 e. The second kappa shape index (κ2) is 11.7. The van der Waals surface area contributed by atoms with E-state index in [1.54, 1.807) is 0 Å². The van der Waals surface area contributed by atoms with Gasteiger partial charge in [0.25, 0.3) is 0 Å². The minimum absolute atomic E-state index is 0.626. The highest BCUT2D eigenvalue weighted by atomic mass is 15.2. The average molecular weight is 338 g/mol. The van der Waals surface area contributed by atoms with E-state index in [1.165, 1.54) is 71.2 Å². The molecule has 0 bridgehead atoms. The molecule has 2 heterocycles. The van der Waals surface area contributed by atoms with Crippen LogP contribution in [0.3, 0.4) is 0 Å². The maximum atomic E-state index is 4.81. The van der Waals surface area contributed by atoms with Crippen molar-refractivity contribution in [1.29, 1.82) is 0 Å². The maximum absolute atomic E-state index is 4.81. The van der Waals surface area contributed by atoms with E-state index in [0.29, 0.717) is 5.92 Å². The molecule has 2 saturated heterocycles. The van der Waals surface area contributed by atoms with Gasteiger partial charge in [0, 0.05) is 32.7 Å². The van der Waals surface area contributed by atoms with Crippen LogP contribution in [0.2, 0.25) is 0 Å². The number of nitrogens with zero attached hydrogens (tertiary/aromatic N) is 3. The smallest absolute Gasteiger partial charge is 0.191 e. The Morgan fingerprint density at radius 3 is 2.17 bits per heavy atom. The van der Waals surface area contributed by atoms with E-state index in [4.69, 9.17) is 4.99 Å². The van der Waals surface area contributed by atoms with Crippen molar-refractivity contribution in [2.24, 2.45) is 10.9 Å². The van der Waals surface area contributed by atoms with Crippen LogP contribution in [0.4, 0.5) is 0 Å². The summed E-state index contributed by atoms with van der Waals surface area (Å²) in [5, 5.41) is 6.90. The molecule has 2 fully saturated rings. The normalized spacial score (nSPS) is 22.3. The van der Waals surface area contributed by atoms with Gasteiger partial charge >= 0.3 is 0 Å². The topological polar surface area (TPSA) is 42.9 Å². The molecule has 2 aliphatic rings. The fraction of sp³-hybridized carbons (Fsp3) is 0.947. The van der Waals surface area contributed by atoms with Crippen molar-refractivity contribution in [2.75, 3.05) is 58.9 Å². The van der Waals surface area contributed by atoms with Crippen LogP contribution >= 0.6 is 0 Å². The lowest BCUT2D eigenvalue weighted by Crippen LogP contribution is -2.43. The molecule has 0 aromatic carbocycles. The monoisotopic (exact) mass is 337 g/mol. The summed E-state index contributed by atoms with van der Waals surface area (Å²) >= 11 is 0.